The topological polar surface area (TPSA) is 51.9 Å². The maximum Gasteiger partial charge on any atom is 0.387 e. The van der Waals surface area contributed by atoms with Gasteiger partial charge in [0.05, 0.1) is 18.9 Å². The first-order chi connectivity index (χ1) is 12.4. The van der Waals surface area contributed by atoms with Gasteiger partial charge in [0.15, 0.2) is 11.5 Å². The van der Waals surface area contributed by atoms with Crippen LogP contribution in [0, 0.1) is 0 Å². The van der Waals surface area contributed by atoms with Crippen molar-refractivity contribution in [2.24, 2.45) is 0 Å². The molecule has 1 aromatic carbocycles. The summed E-state index contributed by atoms with van der Waals surface area (Å²) in [6.45, 7) is 0.959. The predicted molar refractivity (Wildman–Crippen MR) is 93.2 cm³/mol. The number of halogens is 2. The quantitative estimate of drug-likeness (QED) is 0.646. The standard InChI is InChI=1S/C19H21F2NO4/c1-4-24-17-12-14(7-9-16(17)26-19(20)21)8-10-18(23)22(3)13(2)15-6-5-11-25-15/h5-13,19H,4H2,1-3H3/b10-8+. The van der Waals surface area contributed by atoms with Crippen molar-refractivity contribution in [2.75, 3.05) is 13.7 Å². The number of likely N-dealkylation sites (N-methyl/N-ethyl adjacent to an activating group) is 1. The summed E-state index contributed by atoms with van der Waals surface area (Å²) >= 11 is 0. The van der Waals surface area contributed by atoms with Crippen molar-refractivity contribution in [3.63, 3.8) is 0 Å². The molecule has 0 saturated heterocycles. The number of alkyl halides is 2. The zero-order valence-electron chi connectivity index (χ0n) is 14.8. The number of furan rings is 1. The third-order valence-corrected chi connectivity index (χ3v) is 3.79. The lowest BCUT2D eigenvalue weighted by Gasteiger charge is -2.21. The number of nitrogens with zero attached hydrogens (tertiary/aromatic N) is 1. The van der Waals surface area contributed by atoms with Gasteiger partial charge in [-0.3, -0.25) is 4.79 Å². The molecule has 7 heteroatoms. The van der Waals surface area contributed by atoms with E-state index in [-0.39, 0.29) is 23.4 Å². The second-order valence-corrected chi connectivity index (χ2v) is 5.49. The minimum atomic E-state index is -2.94. The van der Waals surface area contributed by atoms with Crippen LogP contribution in [0.2, 0.25) is 0 Å². The largest absolute Gasteiger partial charge is 0.490 e. The minimum Gasteiger partial charge on any atom is -0.490 e. The summed E-state index contributed by atoms with van der Waals surface area (Å²) in [7, 11) is 1.67. The Morgan fingerprint density at radius 1 is 1.31 bits per heavy atom. The van der Waals surface area contributed by atoms with Crippen molar-refractivity contribution in [3.8, 4) is 11.5 Å². The van der Waals surface area contributed by atoms with Gasteiger partial charge in [0.2, 0.25) is 5.91 Å². The van der Waals surface area contributed by atoms with Gasteiger partial charge in [-0.15, -0.1) is 0 Å². The van der Waals surface area contributed by atoms with Crippen molar-refractivity contribution >= 4 is 12.0 Å². The van der Waals surface area contributed by atoms with E-state index in [2.05, 4.69) is 4.74 Å². The van der Waals surface area contributed by atoms with Gasteiger partial charge in [0, 0.05) is 13.1 Å². The number of ether oxygens (including phenoxy) is 2. The molecule has 5 nitrogen and oxygen atoms in total. The van der Waals surface area contributed by atoms with Crippen LogP contribution in [0.25, 0.3) is 6.08 Å². The van der Waals surface area contributed by atoms with E-state index in [1.54, 1.807) is 50.6 Å². The summed E-state index contributed by atoms with van der Waals surface area (Å²) in [4.78, 5) is 13.9. The van der Waals surface area contributed by atoms with Crippen molar-refractivity contribution in [2.45, 2.75) is 26.5 Å². The Hall–Kier alpha value is -2.83. The zero-order valence-corrected chi connectivity index (χ0v) is 14.8. The summed E-state index contributed by atoms with van der Waals surface area (Å²) in [6.07, 6.45) is 4.54. The molecule has 1 amide bonds. The smallest absolute Gasteiger partial charge is 0.387 e. The van der Waals surface area contributed by atoms with Gasteiger partial charge in [-0.1, -0.05) is 6.07 Å². The second-order valence-electron chi connectivity index (χ2n) is 5.49. The van der Waals surface area contributed by atoms with Crippen LogP contribution in [0.1, 0.15) is 31.2 Å². The number of carbonyl (C=O) groups is 1. The second kappa shape index (κ2) is 9.03. The highest BCUT2D eigenvalue weighted by Crippen LogP contribution is 2.30. The average molecular weight is 365 g/mol. The van der Waals surface area contributed by atoms with E-state index >= 15 is 0 Å². The number of carbonyl (C=O) groups excluding carboxylic acids is 1. The average Bonchev–Trinajstić information content (AvgIpc) is 3.14. The number of amides is 1. The highest BCUT2D eigenvalue weighted by molar-refractivity contribution is 5.91. The fourth-order valence-electron chi connectivity index (χ4n) is 2.29. The molecule has 1 atom stereocenters. The molecular weight excluding hydrogens is 344 g/mol. The summed E-state index contributed by atoms with van der Waals surface area (Å²) in [5.74, 6) is 0.606. The first-order valence-corrected chi connectivity index (χ1v) is 8.12. The molecule has 0 saturated carbocycles. The SMILES string of the molecule is CCOc1cc(/C=C/C(=O)N(C)C(C)c2ccco2)ccc1OC(F)F. The van der Waals surface area contributed by atoms with Gasteiger partial charge in [0.25, 0.3) is 0 Å². The molecule has 0 fully saturated rings. The number of rotatable bonds is 8. The highest BCUT2D eigenvalue weighted by atomic mass is 19.3. The van der Waals surface area contributed by atoms with Gasteiger partial charge in [-0.2, -0.15) is 8.78 Å². The van der Waals surface area contributed by atoms with E-state index in [4.69, 9.17) is 9.15 Å². The third-order valence-electron chi connectivity index (χ3n) is 3.79. The Bertz CT molecular complexity index is 744. The Morgan fingerprint density at radius 2 is 2.08 bits per heavy atom. The van der Waals surface area contributed by atoms with E-state index in [1.807, 2.05) is 6.92 Å². The van der Waals surface area contributed by atoms with Crippen molar-refractivity contribution in [1.82, 2.24) is 4.90 Å². The van der Waals surface area contributed by atoms with Crippen LogP contribution in [0.3, 0.4) is 0 Å². The number of hydrogen-bond acceptors (Lipinski definition) is 4. The summed E-state index contributed by atoms with van der Waals surface area (Å²) in [5.41, 5.74) is 0.627. The van der Waals surface area contributed by atoms with E-state index in [0.29, 0.717) is 17.9 Å². The molecule has 1 heterocycles. The van der Waals surface area contributed by atoms with Gasteiger partial charge in [-0.05, 0) is 49.8 Å². The summed E-state index contributed by atoms with van der Waals surface area (Å²) < 4.78 is 39.9. The fourth-order valence-corrected chi connectivity index (χ4v) is 2.29. The first kappa shape index (κ1) is 19.5. The number of benzene rings is 1. The van der Waals surface area contributed by atoms with Gasteiger partial charge in [-0.25, -0.2) is 0 Å². The predicted octanol–water partition coefficient (Wildman–Crippen LogP) is 4.51. The normalized spacial score (nSPS) is 12.4. The van der Waals surface area contributed by atoms with Crippen molar-refractivity contribution in [3.05, 3.63) is 54.0 Å². The first-order valence-electron chi connectivity index (χ1n) is 8.12. The van der Waals surface area contributed by atoms with Crippen molar-refractivity contribution < 1.29 is 27.5 Å². The Labute approximate surface area is 150 Å². The van der Waals surface area contributed by atoms with E-state index in [0.717, 1.165) is 0 Å². The molecule has 1 unspecified atom stereocenters. The van der Waals surface area contributed by atoms with Crippen LogP contribution in [-0.2, 0) is 4.79 Å². The third kappa shape index (κ3) is 5.08. The van der Waals surface area contributed by atoms with Crippen LogP contribution >= 0.6 is 0 Å². The van der Waals surface area contributed by atoms with E-state index < -0.39 is 6.61 Å². The van der Waals surface area contributed by atoms with Crippen LogP contribution in [0.5, 0.6) is 11.5 Å². The molecule has 0 aliphatic heterocycles. The van der Waals surface area contributed by atoms with Crippen LogP contribution in [-0.4, -0.2) is 31.1 Å². The fraction of sp³-hybridized carbons (Fsp3) is 0.316. The molecule has 0 N–H and O–H groups in total. The molecule has 0 radical (unpaired) electrons. The van der Waals surface area contributed by atoms with Crippen molar-refractivity contribution in [1.29, 1.82) is 0 Å². The molecule has 2 aromatic rings. The lowest BCUT2D eigenvalue weighted by Crippen LogP contribution is -2.27. The van der Waals surface area contributed by atoms with E-state index in [1.165, 1.54) is 17.0 Å². The van der Waals surface area contributed by atoms with Crippen LogP contribution in [0.15, 0.2) is 47.1 Å². The molecule has 0 spiro atoms. The Kier molecular flexibility index (Phi) is 6.77. The molecular formula is C19H21F2NO4. The Balaban J connectivity index is 2.11. The minimum absolute atomic E-state index is 0.0473. The molecule has 2 rings (SSSR count). The number of hydrogen-bond donors (Lipinski definition) is 0. The maximum absolute atomic E-state index is 12.4. The molecule has 0 bridgehead atoms. The summed E-state index contributed by atoms with van der Waals surface area (Å²) in [6, 6.07) is 7.84. The lowest BCUT2D eigenvalue weighted by atomic mass is 10.1. The summed E-state index contributed by atoms with van der Waals surface area (Å²) in [5, 5.41) is 0. The zero-order chi connectivity index (χ0) is 19.1. The lowest BCUT2D eigenvalue weighted by molar-refractivity contribution is -0.126. The van der Waals surface area contributed by atoms with E-state index in [9.17, 15) is 13.6 Å². The van der Waals surface area contributed by atoms with Gasteiger partial charge in [0.1, 0.15) is 5.76 Å². The van der Waals surface area contributed by atoms with Gasteiger partial charge < -0.3 is 18.8 Å². The molecule has 0 aliphatic rings. The molecule has 140 valence electrons. The maximum atomic E-state index is 12.4. The Morgan fingerprint density at radius 3 is 2.69 bits per heavy atom. The van der Waals surface area contributed by atoms with Crippen LogP contribution in [0.4, 0.5) is 8.78 Å². The van der Waals surface area contributed by atoms with Gasteiger partial charge >= 0.3 is 6.61 Å². The molecule has 0 aliphatic carbocycles. The highest BCUT2D eigenvalue weighted by Gasteiger charge is 2.17. The molecule has 26 heavy (non-hydrogen) atoms. The monoisotopic (exact) mass is 365 g/mol. The van der Waals surface area contributed by atoms with Crippen LogP contribution < -0.4 is 9.47 Å². The molecule has 1 aromatic heterocycles.